The minimum atomic E-state index is 0.461. The Morgan fingerprint density at radius 3 is 2.89 bits per heavy atom. The molecule has 3 nitrogen and oxygen atoms in total. The molecule has 1 unspecified atom stereocenters. The summed E-state index contributed by atoms with van der Waals surface area (Å²) < 4.78 is 6.97. The molecule has 0 bridgehead atoms. The lowest BCUT2D eigenvalue weighted by atomic mass is 10.0. The van der Waals surface area contributed by atoms with Gasteiger partial charge in [0.05, 0.1) is 6.61 Å². The van der Waals surface area contributed by atoms with Gasteiger partial charge in [-0.05, 0) is 50.3 Å². The first-order valence-corrected chi connectivity index (χ1v) is 7.71. The summed E-state index contributed by atoms with van der Waals surface area (Å²) in [4.78, 5) is 2.23. The van der Waals surface area contributed by atoms with Crippen molar-refractivity contribution in [2.24, 2.45) is 0 Å². The SMILES string of the molecule is CCNC(Cc1cc(Br)cc2c1OCC2)CN(C)C. The second-order valence-corrected chi connectivity index (χ2v) is 6.29. The Morgan fingerprint density at radius 2 is 2.21 bits per heavy atom. The van der Waals surface area contributed by atoms with E-state index in [0.717, 1.165) is 42.8 Å². The van der Waals surface area contributed by atoms with Crippen molar-refractivity contribution < 1.29 is 4.74 Å². The zero-order valence-electron chi connectivity index (χ0n) is 12.0. The number of benzene rings is 1. The summed E-state index contributed by atoms with van der Waals surface area (Å²) in [6.45, 7) is 5.01. The van der Waals surface area contributed by atoms with E-state index in [-0.39, 0.29) is 0 Å². The van der Waals surface area contributed by atoms with Gasteiger partial charge in [0.25, 0.3) is 0 Å². The van der Waals surface area contributed by atoms with Gasteiger partial charge in [-0.3, -0.25) is 0 Å². The monoisotopic (exact) mass is 326 g/mol. The van der Waals surface area contributed by atoms with Gasteiger partial charge in [-0.1, -0.05) is 22.9 Å². The van der Waals surface area contributed by atoms with Gasteiger partial charge in [-0.25, -0.2) is 0 Å². The lowest BCUT2D eigenvalue weighted by molar-refractivity contribution is 0.329. The molecule has 0 radical (unpaired) electrons. The Balaban J connectivity index is 2.16. The molecule has 1 heterocycles. The van der Waals surface area contributed by atoms with Gasteiger partial charge in [0.15, 0.2) is 0 Å². The topological polar surface area (TPSA) is 24.5 Å². The first-order valence-electron chi connectivity index (χ1n) is 6.92. The summed E-state index contributed by atoms with van der Waals surface area (Å²) in [5, 5.41) is 3.56. The smallest absolute Gasteiger partial charge is 0.125 e. The number of fused-ring (bicyclic) bond motifs is 1. The van der Waals surface area contributed by atoms with Gasteiger partial charge in [-0.15, -0.1) is 0 Å². The fourth-order valence-corrected chi connectivity index (χ4v) is 3.25. The third kappa shape index (κ3) is 3.94. The maximum absolute atomic E-state index is 5.81. The Labute approximate surface area is 124 Å². The Morgan fingerprint density at radius 1 is 1.42 bits per heavy atom. The highest BCUT2D eigenvalue weighted by Crippen LogP contribution is 2.33. The summed E-state index contributed by atoms with van der Waals surface area (Å²) >= 11 is 3.61. The molecule has 2 rings (SSSR count). The average molecular weight is 327 g/mol. The molecule has 1 aromatic rings. The largest absolute Gasteiger partial charge is 0.493 e. The van der Waals surface area contributed by atoms with Crippen LogP contribution in [0, 0.1) is 0 Å². The van der Waals surface area contributed by atoms with Crippen molar-refractivity contribution in [1.29, 1.82) is 0 Å². The van der Waals surface area contributed by atoms with E-state index in [1.807, 2.05) is 0 Å². The highest BCUT2D eigenvalue weighted by molar-refractivity contribution is 9.10. The quantitative estimate of drug-likeness (QED) is 0.869. The van der Waals surface area contributed by atoms with E-state index >= 15 is 0 Å². The molecule has 1 N–H and O–H groups in total. The second kappa shape index (κ2) is 6.73. The van der Waals surface area contributed by atoms with Crippen LogP contribution >= 0.6 is 15.9 Å². The van der Waals surface area contributed by atoms with Crippen molar-refractivity contribution in [3.63, 3.8) is 0 Å². The number of nitrogens with zero attached hydrogens (tertiary/aromatic N) is 1. The molecule has 0 spiro atoms. The summed E-state index contributed by atoms with van der Waals surface area (Å²) in [5.74, 6) is 1.12. The zero-order valence-corrected chi connectivity index (χ0v) is 13.6. The minimum absolute atomic E-state index is 0.461. The summed E-state index contributed by atoms with van der Waals surface area (Å²) in [6.07, 6.45) is 2.04. The molecule has 19 heavy (non-hydrogen) atoms. The highest BCUT2D eigenvalue weighted by Gasteiger charge is 2.20. The van der Waals surface area contributed by atoms with E-state index < -0.39 is 0 Å². The summed E-state index contributed by atoms with van der Waals surface area (Å²) in [5.41, 5.74) is 2.65. The van der Waals surface area contributed by atoms with Crippen LogP contribution in [0.25, 0.3) is 0 Å². The first kappa shape index (κ1) is 14.8. The highest BCUT2D eigenvalue weighted by atomic mass is 79.9. The van der Waals surface area contributed by atoms with Crippen LogP contribution < -0.4 is 10.1 Å². The maximum atomic E-state index is 5.81. The lowest BCUT2D eigenvalue weighted by Gasteiger charge is -2.23. The molecular weight excluding hydrogens is 304 g/mol. The van der Waals surface area contributed by atoms with Crippen molar-refractivity contribution in [3.8, 4) is 5.75 Å². The molecule has 1 atom stereocenters. The third-order valence-electron chi connectivity index (χ3n) is 3.37. The van der Waals surface area contributed by atoms with Crippen LogP contribution in [0.3, 0.4) is 0 Å². The molecular formula is C15H23BrN2O. The number of ether oxygens (including phenoxy) is 1. The standard InChI is InChI=1S/C15H23BrN2O/c1-4-17-14(10-18(2)3)9-12-8-13(16)7-11-5-6-19-15(11)12/h7-8,14,17H,4-6,9-10H2,1-3H3. The fourth-order valence-electron chi connectivity index (χ4n) is 2.69. The van der Waals surface area contributed by atoms with Crippen molar-refractivity contribution in [2.75, 3.05) is 33.8 Å². The van der Waals surface area contributed by atoms with Gasteiger partial charge in [0.2, 0.25) is 0 Å². The summed E-state index contributed by atoms with van der Waals surface area (Å²) in [7, 11) is 4.23. The number of nitrogens with one attached hydrogen (secondary N) is 1. The molecule has 1 aliphatic rings. The molecule has 0 saturated carbocycles. The van der Waals surface area contributed by atoms with Gasteiger partial charge < -0.3 is 15.0 Å². The minimum Gasteiger partial charge on any atom is -0.493 e. The van der Waals surface area contributed by atoms with E-state index in [2.05, 4.69) is 59.3 Å². The van der Waals surface area contributed by atoms with Gasteiger partial charge >= 0.3 is 0 Å². The van der Waals surface area contributed by atoms with Crippen molar-refractivity contribution >= 4 is 15.9 Å². The van der Waals surface area contributed by atoms with E-state index in [1.165, 1.54) is 11.1 Å². The predicted molar refractivity (Wildman–Crippen MR) is 83.1 cm³/mol. The molecule has 1 aliphatic heterocycles. The molecule has 0 saturated heterocycles. The van der Waals surface area contributed by atoms with E-state index in [9.17, 15) is 0 Å². The number of hydrogen-bond donors (Lipinski definition) is 1. The molecule has 0 aliphatic carbocycles. The fraction of sp³-hybridized carbons (Fsp3) is 0.600. The Hall–Kier alpha value is -0.580. The normalized spacial score (nSPS) is 15.4. The van der Waals surface area contributed by atoms with Crippen LogP contribution in [0.15, 0.2) is 16.6 Å². The van der Waals surface area contributed by atoms with Crippen molar-refractivity contribution in [2.45, 2.75) is 25.8 Å². The van der Waals surface area contributed by atoms with Crippen LogP contribution in [0.5, 0.6) is 5.75 Å². The van der Waals surface area contributed by atoms with Crippen LogP contribution in [0.1, 0.15) is 18.1 Å². The molecule has 4 heteroatoms. The van der Waals surface area contributed by atoms with Crippen LogP contribution in [-0.2, 0) is 12.8 Å². The first-order chi connectivity index (χ1) is 9.10. The van der Waals surface area contributed by atoms with Gasteiger partial charge in [0, 0.05) is 23.5 Å². The second-order valence-electron chi connectivity index (χ2n) is 5.37. The Bertz CT molecular complexity index is 434. The number of halogens is 1. The molecule has 106 valence electrons. The predicted octanol–water partition coefficient (Wildman–Crippen LogP) is 2.47. The van der Waals surface area contributed by atoms with Gasteiger partial charge in [-0.2, -0.15) is 0 Å². The average Bonchev–Trinajstić information content (AvgIpc) is 2.76. The van der Waals surface area contributed by atoms with Crippen LogP contribution in [0.2, 0.25) is 0 Å². The molecule has 0 amide bonds. The molecule has 0 fully saturated rings. The van der Waals surface area contributed by atoms with Crippen molar-refractivity contribution in [1.82, 2.24) is 10.2 Å². The van der Waals surface area contributed by atoms with Gasteiger partial charge in [0.1, 0.15) is 5.75 Å². The zero-order chi connectivity index (χ0) is 13.8. The van der Waals surface area contributed by atoms with E-state index in [4.69, 9.17) is 4.74 Å². The number of likely N-dealkylation sites (N-methyl/N-ethyl adjacent to an activating group) is 2. The van der Waals surface area contributed by atoms with Crippen LogP contribution in [-0.4, -0.2) is 44.7 Å². The number of hydrogen-bond acceptors (Lipinski definition) is 3. The van der Waals surface area contributed by atoms with E-state index in [0.29, 0.717) is 6.04 Å². The summed E-state index contributed by atoms with van der Waals surface area (Å²) in [6, 6.07) is 4.84. The Kier molecular flexibility index (Phi) is 5.25. The van der Waals surface area contributed by atoms with E-state index in [1.54, 1.807) is 0 Å². The van der Waals surface area contributed by atoms with Crippen LogP contribution in [0.4, 0.5) is 0 Å². The maximum Gasteiger partial charge on any atom is 0.125 e. The third-order valence-corrected chi connectivity index (χ3v) is 3.83. The molecule has 0 aromatic heterocycles. The molecule has 1 aromatic carbocycles. The lowest BCUT2D eigenvalue weighted by Crippen LogP contribution is -2.39. The number of rotatable bonds is 6. The van der Waals surface area contributed by atoms with Crippen molar-refractivity contribution in [3.05, 3.63) is 27.7 Å².